The van der Waals surface area contributed by atoms with Crippen LogP contribution in [0.5, 0.6) is 0 Å². The third-order valence-corrected chi connectivity index (χ3v) is 10.2. The molecule has 0 aromatic heterocycles. The Bertz CT molecular complexity index is 1350. The van der Waals surface area contributed by atoms with Crippen molar-refractivity contribution in [1.82, 2.24) is 20.5 Å². The Kier molecular flexibility index (Phi) is 7.36. The maximum absolute atomic E-state index is 14.3. The zero-order valence-corrected chi connectivity index (χ0v) is 23.5. The van der Waals surface area contributed by atoms with Gasteiger partial charge in [-0.15, -0.1) is 29.1 Å². The first kappa shape index (κ1) is 26.9. The number of β-lactam (4-membered cyclic amide) rings is 1. The number of hydrogen-bond donors (Lipinski definition) is 3. The number of hydrazine groups is 2. The molecule has 3 atom stereocenters. The van der Waals surface area contributed by atoms with E-state index in [1.807, 2.05) is 78.9 Å². The molecule has 0 aliphatic carbocycles. The zero-order valence-electron chi connectivity index (χ0n) is 21.8. The van der Waals surface area contributed by atoms with Crippen molar-refractivity contribution in [2.24, 2.45) is 16.1 Å². The molecule has 40 heavy (non-hydrogen) atoms. The molecule has 12 heteroatoms. The largest absolute Gasteiger partial charge is 0.452 e. The van der Waals surface area contributed by atoms with Crippen molar-refractivity contribution >= 4 is 41.1 Å². The second-order valence-corrected chi connectivity index (χ2v) is 12.2. The Hall–Kier alpha value is -3.29. The molecule has 2 saturated heterocycles. The summed E-state index contributed by atoms with van der Waals surface area (Å²) >= 11 is 2.98. The quantitative estimate of drug-likeness (QED) is 0.317. The van der Waals surface area contributed by atoms with Crippen LogP contribution in [0.4, 0.5) is 0 Å². The Labute approximate surface area is 240 Å². The van der Waals surface area contributed by atoms with Crippen LogP contribution in [0.1, 0.15) is 17.2 Å². The Morgan fingerprint density at radius 2 is 1.90 bits per heavy atom. The van der Waals surface area contributed by atoms with Gasteiger partial charge in [0.2, 0.25) is 5.91 Å². The average Bonchev–Trinajstić information content (AvgIpc) is 3.38. The lowest BCUT2D eigenvalue weighted by Crippen LogP contribution is -2.72. The molecule has 2 aromatic rings. The fourth-order valence-electron chi connectivity index (χ4n) is 5.11. The van der Waals surface area contributed by atoms with Crippen LogP contribution in [-0.2, 0) is 14.3 Å². The molecule has 0 spiro atoms. The summed E-state index contributed by atoms with van der Waals surface area (Å²) in [6.07, 6.45) is 3.02. The van der Waals surface area contributed by atoms with E-state index in [0.717, 1.165) is 16.2 Å². The molecule has 0 saturated carbocycles. The minimum Gasteiger partial charge on any atom is -0.452 e. The van der Waals surface area contributed by atoms with Gasteiger partial charge in [-0.1, -0.05) is 60.7 Å². The number of nitrogens with two attached hydrogens (primary N) is 1. The number of hydrogen-bond acceptors (Lipinski definition) is 11. The van der Waals surface area contributed by atoms with E-state index in [1.54, 1.807) is 16.0 Å². The number of aliphatic hydroxyl groups excluding tert-OH is 1. The monoisotopic (exact) mass is 578 g/mol. The van der Waals surface area contributed by atoms with Gasteiger partial charge in [0, 0.05) is 25.1 Å². The maximum atomic E-state index is 14.3. The predicted octanol–water partition coefficient (Wildman–Crippen LogP) is 2.04. The van der Waals surface area contributed by atoms with Gasteiger partial charge in [0.1, 0.15) is 16.8 Å². The number of thioether (sulfide) groups is 2. The highest BCUT2D eigenvalue weighted by atomic mass is 32.2. The predicted molar refractivity (Wildman–Crippen MR) is 155 cm³/mol. The molecular formula is C28H30N6O4S2. The van der Waals surface area contributed by atoms with Gasteiger partial charge in [-0.2, -0.15) is 0 Å². The van der Waals surface area contributed by atoms with E-state index in [9.17, 15) is 14.7 Å². The number of nitrogens with one attached hydrogen (secondary N) is 1. The van der Waals surface area contributed by atoms with Gasteiger partial charge in [0.25, 0.3) is 0 Å². The summed E-state index contributed by atoms with van der Waals surface area (Å²) in [5, 5.41) is 14.0. The number of aliphatic hydroxyl groups is 1. The summed E-state index contributed by atoms with van der Waals surface area (Å²) in [6, 6.07) is 18.8. The Morgan fingerprint density at radius 3 is 2.55 bits per heavy atom. The van der Waals surface area contributed by atoms with Gasteiger partial charge >= 0.3 is 5.97 Å². The number of rotatable bonds is 8. The van der Waals surface area contributed by atoms with Gasteiger partial charge in [0.15, 0.2) is 11.9 Å². The fourth-order valence-corrected chi connectivity index (χ4v) is 7.94. The molecule has 4 heterocycles. The molecule has 10 nitrogen and oxygen atoms in total. The van der Waals surface area contributed by atoms with Crippen LogP contribution in [0, 0.1) is 5.41 Å². The van der Waals surface area contributed by atoms with E-state index < -0.39 is 17.6 Å². The van der Waals surface area contributed by atoms with Crippen molar-refractivity contribution in [3.05, 3.63) is 94.9 Å². The molecule has 0 bridgehead atoms. The number of esters is 1. The van der Waals surface area contributed by atoms with Crippen LogP contribution in [0.2, 0.25) is 0 Å². The third-order valence-electron chi connectivity index (χ3n) is 7.27. The number of nitrogens with zero attached hydrogens (tertiary/aromatic N) is 4. The highest BCUT2D eigenvalue weighted by molar-refractivity contribution is 8.03. The van der Waals surface area contributed by atoms with Gasteiger partial charge < -0.3 is 20.5 Å². The van der Waals surface area contributed by atoms with Crippen LogP contribution >= 0.6 is 23.5 Å². The van der Waals surface area contributed by atoms with Gasteiger partial charge in [-0.3, -0.25) is 14.6 Å². The van der Waals surface area contributed by atoms with Crippen molar-refractivity contribution in [1.29, 1.82) is 0 Å². The number of fused-ring (bicyclic) bond motifs is 2. The standard InChI is InChI=1S/C28H30N6O4S2/c1-32-13-21-30-20(14-35)12-22(34(21)31-32)39-16-28(15-33-25(36)23(29)26(33)40-17-28)27(37)38-24(18-8-4-2-5-9-18)19-10-6-3-7-11-19/h2-13,23-24,26,31,35H,14-17,29H2,1H3/t23?,26-,28?/m1/s1. The fraction of sp³-hybridized carbons (Fsp3) is 0.321. The van der Waals surface area contributed by atoms with Gasteiger partial charge in [-0.05, 0) is 17.2 Å². The lowest BCUT2D eigenvalue weighted by Gasteiger charge is -2.53. The van der Waals surface area contributed by atoms with E-state index in [2.05, 4.69) is 10.5 Å². The first-order valence-electron chi connectivity index (χ1n) is 12.9. The molecule has 4 aliphatic rings. The highest BCUT2D eigenvalue weighted by Gasteiger charge is 2.56. The molecule has 2 fully saturated rings. The molecule has 2 aromatic carbocycles. The number of carbonyl (C=O) groups excluding carboxylic acids is 2. The number of aliphatic imine (C=N–C) groups is 1. The normalized spacial score (nSPS) is 25.6. The van der Waals surface area contributed by atoms with Gasteiger partial charge in [-0.25, -0.2) is 10.0 Å². The van der Waals surface area contributed by atoms with E-state index in [1.165, 1.54) is 23.5 Å². The van der Waals surface area contributed by atoms with Crippen LogP contribution in [0.3, 0.4) is 0 Å². The summed E-state index contributed by atoms with van der Waals surface area (Å²) in [7, 11) is 1.85. The molecule has 0 radical (unpaired) electrons. The first-order chi connectivity index (χ1) is 19.4. The van der Waals surface area contributed by atoms with Crippen LogP contribution in [-0.4, -0.2) is 80.7 Å². The Morgan fingerprint density at radius 1 is 1.23 bits per heavy atom. The minimum absolute atomic E-state index is 0.136. The lowest BCUT2D eigenvalue weighted by atomic mass is 9.89. The maximum Gasteiger partial charge on any atom is 0.316 e. The summed E-state index contributed by atoms with van der Waals surface area (Å²) in [4.78, 5) is 33.1. The number of ether oxygens (including phenoxy) is 1. The molecule has 2 unspecified atom stereocenters. The van der Waals surface area contributed by atoms with Crippen molar-refractivity contribution < 1.29 is 19.4 Å². The molecule has 4 N–H and O–H groups in total. The van der Waals surface area contributed by atoms with Crippen molar-refractivity contribution in [2.45, 2.75) is 17.5 Å². The molecule has 4 aliphatic heterocycles. The second-order valence-electron chi connectivity index (χ2n) is 10.1. The van der Waals surface area contributed by atoms with Crippen LogP contribution < -0.4 is 11.3 Å². The number of amides is 1. The Balaban J connectivity index is 1.30. The average molecular weight is 579 g/mol. The smallest absolute Gasteiger partial charge is 0.316 e. The summed E-state index contributed by atoms with van der Waals surface area (Å²) in [5.41, 5.74) is 10.5. The summed E-state index contributed by atoms with van der Waals surface area (Å²) < 4.78 is 6.35. The van der Waals surface area contributed by atoms with Crippen LogP contribution in [0.25, 0.3) is 0 Å². The summed E-state index contributed by atoms with van der Waals surface area (Å²) in [6.45, 7) is 0.0171. The lowest BCUT2D eigenvalue weighted by molar-refractivity contribution is -0.163. The van der Waals surface area contributed by atoms with E-state index in [-0.39, 0.29) is 30.4 Å². The molecule has 6 rings (SSSR count). The summed E-state index contributed by atoms with van der Waals surface area (Å²) in [5.74, 6) is 0.930. The topological polar surface area (TPSA) is 124 Å². The van der Waals surface area contributed by atoms with Crippen LogP contribution in [0.15, 0.2) is 88.8 Å². The first-order valence-corrected chi connectivity index (χ1v) is 14.9. The van der Waals surface area contributed by atoms with Crippen molar-refractivity contribution in [3.8, 4) is 0 Å². The number of carbonyl (C=O) groups is 2. The third kappa shape index (κ3) is 4.90. The van der Waals surface area contributed by atoms with E-state index in [4.69, 9.17) is 10.5 Å². The molecular weight excluding hydrogens is 548 g/mol. The van der Waals surface area contributed by atoms with E-state index >= 15 is 0 Å². The van der Waals surface area contributed by atoms with E-state index in [0.29, 0.717) is 23.0 Å². The second kappa shape index (κ2) is 10.9. The zero-order chi connectivity index (χ0) is 27.9. The highest BCUT2D eigenvalue weighted by Crippen LogP contribution is 2.46. The minimum atomic E-state index is -0.992. The number of benzene rings is 2. The molecule has 1 amide bonds. The van der Waals surface area contributed by atoms with Gasteiger partial charge in [0.05, 0.1) is 23.5 Å². The van der Waals surface area contributed by atoms with Crippen molar-refractivity contribution in [3.63, 3.8) is 0 Å². The molecule has 208 valence electrons. The SMILES string of the molecule is CN1C=C2N=C(CO)C=C(SCC3(C(=O)OC(c4ccccc4)c4ccccc4)CS[C@@H]4C(N)C(=O)N4C3)N2N1. The van der Waals surface area contributed by atoms with Crippen molar-refractivity contribution in [2.75, 3.05) is 31.7 Å².